The molecule has 0 bridgehead atoms. The zero-order chi connectivity index (χ0) is 11.0. The van der Waals surface area contributed by atoms with Gasteiger partial charge in [0.2, 0.25) is 0 Å². The molecule has 3 nitrogen and oxygen atoms in total. The molecule has 1 aliphatic carbocycles. The van der Waals surface area contributed by atoms with Gasteiger partial charge < -0.3 is 9.72 Å². The first-order chi connectivity index (χ1) is 7.83. The molecule has 3 heteroatoms. The topological polar surface area (TPSA) is 29.3 Å². The lowest BCUT2D eigenvalue weighted by molar-refractivity contribution is 0.607. The van der Waals surface area contributed by atoms with Crippen molar-refractivity contribution in [1.29, 1.82) is 0 Å². The van der Waals surface area contributed by atoms with E-state index in [2.05, 4.69) is 27.8 Å². The van der Waals surface area contributed by atoms with Gasteiger partial charge in [0.1, 0.15) is 5.65 Å². The molecule has 0 aliphatic heterocycles. The SMILES string of the molecule is CC1CC1CNCc1cn2ccccc2n1. The third kappa shape index (κ3) is 1.95. The molecule has 2 aromatic rings. The van der Waals surface area contributed by atoms with Gasteiger partial charge in [-0.1, -0.05) is 13.0 Å². The van der Waals surface area contributed by atoms with Crippen LogP contribution in [-0.4, -0.2) is 15.9 Å². The lowest BCUT2D eigenvalue weighted by Gasteiger charge is -1.99. The minimum atomic E-state index is 0.880. The Morgan fingerprint density at radius 2 is 2.38 bits per heavy atom. The normalized spacial score (nSPS) is 23.8. The molecule has 3 rings (SSSR count). The van der Waals surface area contributed by atoms with Crippen molar-refractivity contribution in [3.63, 3.8) is 0 Å². The van der Waals surface area contributed by atoms with Crippen LogP contribution in [0.4, 0.5) is 0 Å². The van der Waals surface area contributed by atoms with Crippen LogP contribution >= 0.6 is 0 Å². The van der Waals surface area contributed by atoms with Crippen molar-refractivity contribution in [2.75, 3.05) is 6.54 Å². The molecule has 0 spiro atoms. The molecular weight excluding hydrogens is 198 g/mol. The molecule has 0 saturated heterocycles. The third-order valence-corrected chi connectivity index (χ3v) is 3.40. The van der Waals surface area contributed by atoms with E-state index in [1.165, 1.54) is 6.42 Å². The molecule has 2 aromatic heterocycles. The highest BCUT2D eigenvalue weighted by molar-refractivity contribution is 5.39. The van der Waals surface area contributed by atoms with E-state index in [0.29, 0.717) is 0 Å². The molecule has 84 valence electrons. The average molecular weight is 215 g/mol. The summed E-state index contributed by atoms with van der Waals surface area (Å²) >= 11 is 0. The van der Waals surface area contributed by atoms with Crippen LogP contribution in [0.3, 0.4) is 0 Å². The predicted octanol–water partition coefficient (Wildman–Crippen LogP) is 2.08. The fourth-order valence-electron chi connectivity index (χ4n) is 2.14. The van der Waals surface area contributed by atoms with Crippen molar-refractivity contribution >= 4 is 5.65 Å². The summed E-state index contributed by atoms with van der Waals surface area (Å²) in [5.41, 5.74) is 2.15. The standard InChI is InChI=1S/C13H17N3/c1-10-6-11(10)7-14-8-12-9-16-5-3-2-4-13(16)15-12/h2-5,9-11,14H,6-8H2,1H3. The van der Waals surface area contributed by atoms with Gasteiger partial charge >= 0.3 is 0 Å². The van der Waals surface area contributed by atoms with E-state index in [1.807, 2.05) is 24.4 Å². The van der Waals surface area contributed by atoms with Gasteiger partial charge in [-0.2, -0.15) is 0 Å². The molecular formula is C13H17N3. The van der Waals surface area contributed by atoms with Crippen molar-refractivity contribution in [2.24, 2.45) is 11.8 Å². The number of fused-ring (bicyclic) bond motifs is 1. The van der Waals surface area contributed by atoms with Crippen molar-refractivity contribution in [3.05, 3.63) is 36.3 Å². The second-order valence-electron chi connectivity index (χ2n) is 4.80. The smallest absolute Gasteiger partial charge is 0.137 e. The van der Waals surface area contributed by atoms with Gasteiger partial charge in [-0.3, -0.25) is 0 Å². The first kappa shape index (κ1) is 9.85. The first-order valence-electron chi connectivity index (χ1n) is 5.96. The van der Waals surface area contributed by atoms with Gasteiger partial charge in [0, 0.05) is 18.9 Å². The van der Waals surface area contributed by atoms with Crippen LogP contribution in [-0.2, 0) is 6.54 Å². The first-order valence-corrected chi connectivity index (χ1v) is 5.96. The summed E-state index contributed by atoms with van der Waals surface area (Å²) in [4.78, 5) is 4.55. The number of aromatic nitrogens is 2. The van der Waals surface area contributed by atoms with Crippen molar-refractivity contribution in [3.8, 4) is 0 Å². The molecule has 1 saturated carbocycles. The summed E-state index contributed by atoms with van der Waals surface area (Å²) in [6.07, 6.45) is 5.52. The van der Waals surface area contributed by atoms with Crippen LogP contribution in [0.25, 0.3) is 5.65 Å². The van der Waals surface area contributed by atoms with Crippen molar-refractivity contribution in [2.45, 2.75) is 19.9 Å². The molecule has 1 N–H and O–H groups in total. The fourth-order valence-corrected chi connectivity index (χ4v) is 2.14. The number of hydrogen-bond acceptors (Lipinski definition) is 2. The average Bonchev–Trinajstić information content (AvgIpc) is 2.84. The van der Waals surface area contributed by atoms with Crippen molar-refractivity contribution in [1.82, 2.24) is 14.7 Å². The Morgan fingerprint density at radius 1 is 1.50 bits per heavy atom. The Labute approximate surface area is 95.5 Å². The Balaban J connectivity index is 1.61. The molecule has 2 heterocycles. The van der Waals surface area contributed by atoms with E-state index in [9.17, 15) is 0 Å². The summed E-state index contributed by atoms with van der Waals surface area (Å²) in [6.45, 7) is 4.33. The van der Waals surface area contributed by atoms with Crippen LogP contribution in [0.5, 0.6) is 0 Å². The van der Waals surface area contributed by atoms with Gasteiger partial charge in [-0.05, 0) is 36.9 Å². The van der Waals surface area contributed by atoms with Gasteiger partial charge in [0.05, 0.1) is 5.69 Å². The zero-order valence-electron chi connectivity index (χ0n) is 9.56. The summed E-state index contributed by atoms with van der Waals surface area (Å²) in [5, 5.41) is 3.48. The summed E-state index contributed by atoms with van der Waals surface area (Å²) in [6, 6.07) is 6.08. The van der Waals surface area contributed by atoms with E-state index in [0.717, 1.165) is 36.3 Å². The highest BCUT2D eigenvalue weighted by atomic mass is 15.0. The highest BCUT2D eigenvalue weighted by Crippen LogP contribution is 2.36. The number of nitrogens with zero attached hydrogens (tertiary/aromatic N) is 2. The van der Waals surface area contributed by atoms with Crippen LogP contribution in [0.15, 0.2) is 30.6 Å². The number of hydrogen-bond donors (Lipinski definition) is 1. The Morgan fingerprint density at radius 3 is 3.12 bits per heavy atom. The van der Waals surface area contributed by atoms with Crippen molar-refractivity contribution < 1.29 is 0 Å². The Kier molecular flexibility index (Phi) is 2.40. The fraction of sp³-hybridized carbons (Fsp3) is 0.462. The van der Waals surface area contributed by atoms with Gasteiger partial charge in [-0.25, -0.2) is 4.98 Å². The zero-order valence-corrected chi connectivity index (χ0v) is 9.56. The molecule has 16 heavy (non-hydrogen) atoms. The third-order valence-electron chi connectivity index (χ3n) is 3.40. The lowest BCUT2D eigenvalue weighted by atomic mass is 10.3. The number of imidazole rings is 1. The van der Waals surface area contributed by atoms with E-state index < -0.39 is 0 Å². The maximum atomic E-state index is 4.55. The molecule has 0 radical (unpaired) electrons. The second kappa shape index (κ2) is 3.91. The number of pyridine rings is 1. The maximum Gasteiger partial charge on any atom is 0.137 e. The van der Waals surface area contributed by atoms with Crippen LogP contribution in [0, 0.1) is 11.8 Å². The molecule has 0 aromatic carbocycles. The molecule has 0 amide bonds. The van der Waals surface area contributed by atoms with E-state index >= 15 is 0 Å². The molecule has 2 atom stereocenters. The minimum absolute atomic E-state index is 0.880. The summed E-state index contributed by atoms with van der Waals surface area (Å²) in [5.74, 6) is 1.82. The molecule has 1 aliphatic rings. The van der Waals surface area contributed by atoms with Crippen LogP contribution < -0.4 is 5.32 Å². The van der Waals surface area contributed by atoms with Gasteiger partial charge in [-0.15, -0.1) is 0 Å². The maximum absolute atomic E-state index is 4.55. The minimum Gasteiger partial charge on any atom is -0.311 e. The lowest BCUT2D eigenvalue weighted by Crippen LogP contribution is -2.16. The monoisotopic (exact) mass is 215 g/mol. The number of nitrogens with one attached hydrogen (secondary N) is 1. The summed E-state index contributed by atoms with van der Waals surface area (Å²) in [7, 11) is 0. The number of rotatable bonds is 4. The van der Waals surface area contributed by atoms with Gasteiger partial charge in [0.15, 0.2) is 0 Å². The Bertz CT molecular complexity index is 456. The van der Waals surface area contributed by atoms with Crippen LogP contribution in [0.2, 0.25) is 0 Å². The Hall–Kier alpha value is -1.35. The predicted molar refractivity (Wildman–Crippen MR) is 64.2 cm³/mol. The molecule has 1 fully saturated rings. The quantitative estimate of drug-likeness (QED) is 0.846. The van der Waals surface area contributed by atoms with Crippen LogP contribution in [0.1, 0.15) is 19.0 Å². The van der Waals surface area contributed by atoms with E-state index in [4.69, 9.17) is 0 Å². The van der Waals surface area contributed by atoms with Gasteiger partial charge in [0.25, 0.3) is 0 Å². The largest absolute Gasteiger partial charge is 0.311 e. The molecule has 2 unspecified atom stereocenters. The highest BCUT2D eigenvalue weighted by Gasteiger charge is 2.31. The summed E-state index contributed by atoms with van der Waals surface area (Å²) < 4.78 is 2.07. The van der Waals surface area contributed by atoms with E-state index in [1.54, 1.807) is 0 Å². The van der Waals surface area contributed by atoms with E-state index in [-0.39, 0.29) is 0 Å². The second-order valence-corrected chi connectivity index (χ2v) is 4.80.